The van der Waals surface area contributed by atoms with E-state index >= 15 is 0 Å². The van der Waals surface area contributed by atoms with Crippen molar-refractivity contribution in [2.75, 3.05) is 39.2 Å². The van der Waals surface area contributed by atoms with E-state index in [-0.39, 0.29) is 49.9 Å². The first-order valence-corrected chi connectivity index (χ1v) is 9.02. The second-order valence-corrected chi connectivity index (χ2v) is 8.35. The average molecular weight is 341 g/mol. The molecule has 3 heterocycles. The Labute approximate surface area is 134 Å². The van der Waals surface area contributed by atoms with E-state index in [0.29, 0.717) is 6.42 Å². The molecule has 0 saturated carbocycles. The number of likely N-dealkylation sites (tertiary alicyclic amines) is 1. The zero-order valence-electron chi connectivity index (χ0n) is 12.8. The predicted molar refractivity (Wildman–Crippen MR) is 80.6 cm³/mol. The lowest BCUT2D eigenvalue weighted by Gasteiger charge is -2.49. The van der Waals surface area contributed by atoms with Gasteiger partial charge in [0.15, 0.2) is 9.84 Å². The number of sulfone groups is 1. The number of amides is 1. The number of rotatable bonds is 5. The van der Waals surface area contributed by atoms with Crippen LogP contribution in [0, 0.1) is 5.92 Å². The van der Waals surface area contributed by atoms with E-state index in [2.05, 4.69) is 9.97 Å². The number of hydrogen-bond acceptors (Lipinski definition) is 7. The van der Waals surface area contributed by atoms with E-state index in [1.54, 1.807) is 18.5 Å². The van der Waals surface area contributed by atoms with E-state index in [9.17, 15) is 13.2 Å². The van der Waals surface area contributed by atoms with Crippen LogP contribution in [0.3, 0.4) is 0 Å². The first-order chi connectivity index (χ1) is 11.0. The van der Waals surface area contributed by atoms with Crippen molar-refractivity contribution < 1.29 is 22.7 Å². The molecule has 1 aromatic heterocycles. The normalized spacial score (nSPS) is 24.4. The van der Waals surface area contributed by atoms with Crippen LogP contribution in [0.2, 0.25) is 0 Å². The molecule has 2 aliphatic rings. The monoisotopic (exact) mass is 341 g/mol. The summed E-state index contributed by atoms with van der Waals surface area (Å²) in [6, 6.07) is 1.91. The van der Waals surface area contributed by atoms with Gasteiger partial charge in [-0.1, -0.05) is 0 Å². The number of carbonyl (C=O) groups is 1. The summed E-state index contributed by atoms with van der Waals surface area (Å²) in [5.74, 6) is -0.225. The van der Waals surface area contributed by atoms with Gasteiger partial charge in [0.25, 0.3) is 0 Å². The fourth-order valence-electron chi connectivity index (χ4n) is 3.23. The van der Waals surface area contributed by atoms with Gasteiger partial charge in [-0.2, -0.15) is 0 Å². The van der Waals surface area contributed by atoms with Crippen LogP contribution in [0.15, 0.2) is 18.5 Å². The minimum absolute atomic E-state index is 0.0326. The van der Waals surface area contributed by atoms with Crippen LogP contribution in [-0.2, 0) is 19.4 Å². The molecule has 9 heteroatoms. The highest BCUT2D eigenvalue weighted by Gasteiger charge is 2.62. The van der Waals surface area contributed by atoms with Gasteiger partial charge < -0.3 is 14.4 Å². The van der Waals surface area contributed by atoms with E-state index in [1.165, 1.54) is 12.0 Å². The van der Waals surface area contributed by atoms with E-state index in [1.807, 2.05) is 0 Å². The van der Waals surface area contributed by atoms with Crippen molar-refractivity contribution in [1.82, 2.24) is 14.9 Å². The zero-order valence-corrected chi connectivity index (χ0v) is 13.7. The third-order valence-corrected chi connectivity index (χ3v) is 7.20. The molecule has 23 heavy (non-hydrogen) atoms. The first kappa shape index (κ1) is 16.1. The highest BCUT2D eigenvalue weighted by atomic mass is 32.2. The number of aromatic nitrogens is 2. The Morgan fingerprint density at radius 1 is 1.39 bits per heavy atom. The zero-order chi connectivity index (χ0) is 16.5. The molecular weight excluding hydrogens is 322 g/mol. The van der Waals surface area contributed by atoms with Gasteiger partial charge in [0.2, 0.25) is 5.91 Å². The third-order valence-electron chi connectivity index (χ3n) is 4.59. The topological polar surface area (TPSA) is 98.7 Å². The summed E-state index contributed by atoms with van der Waals surface area (Å²) >= 11 is 0. The molecule has 0 bridgehead atoms. The molecule has 0 aromatic carbocycles. The summed E-state index contributed by atoms with van der Waals surface area (Å²) < 4.78 is 34.4. The highest BCUT2D eigenvalue weighted by molar-refractivity contribution is 7.93. The van der Waals surface area contributed by atoms with Crippen LogP contribution in [0.1, 0.15) is 6.42 Å². The minimum atomic E-state index is -3.24. The standard InChI is InChI=1S/C14H19N3O5S/c1-21-8-12(18)17-9-14(10-17)11(3-6-23(14,19)20)7-22-13-15-4-2-5-16-13/h2,4-5,11H,3,6-10H2,1H3/t11-/m1/s1. The molecular formula is C14H19N3O5S. The maximum atomic E-state index is 12.5. The van der Waals surface area contributed by atoms with Crippen LogP contribution in [-0.4, -0.2) is 73.1 Å². The summed E-state index contributed by atoms with van der Waals surface area (Å²) in [4.78, 5) is 21.3. The molecule has 0 unspecified atom stereocenters. The van der Waals surface area contributed by atoms with Crippen molar-refractivity contribution in [3.8, 4) is 6.01 Å². The highest BCUT2D eigenvalue weighted by Crippen LogP contribution is 2.44. The van der Waals surface area contributed by atoms with Crippen molar-refractivity contribution in [3.05, 3.63) is 18.5 Å². The predicted octanol–water partition coefficient (Wildman–Crippen LogP) is -0.482. The fraction of sp³-hybridized carbons (Fsp3) is 0.643. The van der Waals surface area contributed by atoms with Crippen molar-refractivity contribution in [2.45, 2.75) is 11.2 Å². The van der Waals surface area contributed by atoms with Crippen LogP contribution < -0.4 is 4.74 Å². The molecule has 2 aliphatic heterocycles. The first-order valence-electron chi connectivity index (χ1n) is 7.37. The number of nitrogens with zero attached hydrogens (tertiary/aromatic N) is 3. The van der Waals surface area contributed by atoms with Gasteiger partial charge in [-0.15, -0.1) is 0 Å². The SMILES string of the molecule is COCC(=O)N1CC2(C1)[C@@H](COc1ncccn1)CCS2(=O)=O. The molecule has 0 aliphatic carbocycles. The maximum Gasteiger partial charge on any atom is 0.316 e. The van der Waals surface area contributed by atoms with E-state index < -0.39 is 14.6 Å². The minimum Gasteiger partial charge on any atom is -0.463 e. The molecule has 0 radical (unpaired) electrons. The molecule has 0 N–H and O–H groups in total. The molecule has 126 valence electrons. The van der Waals surface area contributed by atoms with Gasteiger partial charge in [-0.25, -0.2) is 18.4 Å². The Bertz CT molecular complexity index is 673. The van der Waals surface area contributed by atoms with Crippen LogP contribution in [0.5, 0.6) is 6.01 Å². The quantitative estimate of drug-likeness (QED) is 0.713. The summed E-state index contributed by atoms with van der Waals surface area (Å²) in [6.07, 6.45) is 3.66. The number of methoxy groups -OCH3 is 1. The molecule has 1 aromatic rings. The second-order valence-electron chi connectivity index (χ2n) is 5.89. The third kappa shape index (κ3) is 2.78. The van der Waals surface area contributed by atoms with Gasteiger partial charge in [-0.05, 0) is 12.5 Å². The lowest BCUT2D eigenvalue weighted by Crippen LogP contribution is -2.69. The van der Waals surface area contributed by atoms with E-state index in [0.717, 1.165) is 0 Å². The van der Waals surface area contributed by atoms with Gasteiger partial charge in [0.05, 0.1) is 12.4 Å². The maximum absolute atomic E-state index is 12.5. The van der Waals surface area contributed by atoms with Crippen LogP contribution in [0.25, 0.3) is 0 Å². The van der Waals surface area contributed by atoms with E-state index in [4.69, 9.17) is 9.47 Å². The summed E-state index contributed by atoms with van der Waals surface area (Å²) in [7, 11) is -1.80. The molecule has 2 fully saturated rings. The smallest absolute Gasteiger partial charge is 0.316 e. The molecule has 8 nitrogen and oxygen atoms in total. The van der Waals surface area contributed by atoms with Crippen LogP contribution >= 0.6 is 0 Å². The second kappa shape index (κ2) is 6.04. The molecule has 1 spiro atoms. The Hall–Kier alpha value is -1.74. The Morgan fingerprint density at radius 3 is 2.74 bits per heavy atom. The average Bonchev–Trinajstić information content (AvgIpc) is 2.75. The Morgan fingerprint density at radius 2 is 2.09 bits per heavy atom. The molecule has 1 atom stereocenters. The molecule has 2 saturated heterocycles. The van der Waals surface area contributed by atoms with Crippen molar-refractivity contribution in [3.63, 3.8) is 0 Å². The van der Waals surface area contributed by atoms with Gasteiger partial charge in [-0.3, -0.25) is 4.79 Å². The molecule has 1 amide bonds. The van der Waals surface area contributed by atoms with Crippen molar-refractivity contribution >= 4 is 15.7 Å². The van der Waals surface area contributed by atoms with Crippen molar-refractivity contribution in [2.24, 2.45) is 5.92 Å². The van der Waals surface area contributed by atoms with Gasteiger partial charge in [0.1, 0.15) is 11.4 Å². The summed E-state index contributed by atoms with van der Waals surface area (Å²) in [5.41, 5.74) is 0. The number of ether oxygens (including phenoxy) is 2. The Balaban J connectivity index is 1.68. The number of hydrogen-bond donors (Lipinski definition) is 0. The Kier molecular flexibility index (Phi) is 4.24. The van der Waals surface area contributed by atoms with Crippen molar-refractivity contribution in [1.29, 1.82) is 0 Å². The lowest BCUT2D eigenvalue weighted by atomic mass is 9.83. The van der Waals surface area contributed by atoms with Gasteiger partial charge in [0, 0.05) is 38.5 Å². The lowest BCUT2D eigenvalue weighted by molar-refractivity contribution is -0.141. The van der Waals surface area contributed by atoms with Crippen LogP contribution in [0.4, 0.5) is 0 Å². The largest absolute Gasteiger partial charge is 0.463 e. The van der Waals surface area contributed by atoms with Gasteiger partial charge >= 0.3 is 6.01 Å². The summed E-state index contributed by atoms with van der Waals surface area (Å²) in [5, 5.41) is 0. The molecule has 3 rings (SSSR count). The summed E-state index contributed by atoms with van der Waals surface area (Å²) in [6.45, 7) is 0.618. The number of carbonyl (C=O) groups excluding carboxylic acids is 1. The fourth-order valence-corrected chi connectivity index (χ4v) is 5.63.